The molecule has 0 aliphatic carbocycles. The molecule has 1 atom stereocenters. The van der Waals surface area contributed by atoms with Crippen LogP contribution in [0.15, 0.2) is 91.3 Å². The minimum Gasteiger partial charge on any atom is -0.494 e. The quantitative estimate of drug-likeness (QED) is 0.0223. The number of aromatic nitrogens is 4. The molecule has 6 N–H and O–H groups in total. The van der Waals surface area contributed by atoms with E-state index in [9.17, 15) is 24.0 Å². The van der Waals surface area contributed by atoms with Gasteiger partial charge in [-0.1, -0.05) is 37.1 Å². The number of imide groups is 1. The summed E-state index contributed by atoms with van der Waals surface area (Å²) in [7, 11) is 0. The Balaban J connectivity index is 0.602. The fourth-order valence-corrected chi connectivity index (χ4v) is 9.36. The Kier molecular flexibility index (Phi) is 19.6. The number of carbonyl (C=O) groups is 5. The lowest BCUT2D eigenvalue weighted by atomic mass is 9.87. The number of hydrogen-bond acceptors (Lipinski definition) is 14. The lowest BCUT2D eigenvalue weighted by Crippen LogP contribution is -2.52. The smallest absolute Gasteiger partial charge is 0.255 e. The molecular weight excluding hydrogens is 945 g/mol. The number of nitrogens with one attached hydrogen (secondary N) is 6. The molecule has 0 spiro atoms. The number of hydrogen-bond donors (Lipinski definition) is 6. The van der Waals surface area contributed by atoms with E-state index >= 15 is 0 Å². The monoisotopic (exact) mass is 1010 g/mol. The summed E-state index contributed by atoms with van der Waals surface area (Å²) >= 11 is 0. The molecule has 0 saturated carbocycles. The summed E-state index contributed by atoms with van der Waals surface area (Å²) in [6, 6.07) is 23.7. The second-order valence-electron chi connectivity index (χ2n) is 18.8. The Morgan fingerprint density at radius 1 is 0.770 bits per heavy atom. The van der Waals surface area contributed by atoms with Gasteiger partial charge in [0.05, 0.1) is 38.6 Å². The van der Waals surface area contributed by atoms with Crippen LogP contribution in [0.2, 0.25) is 0 Å². The van der Waals surface area contributed by atoms with Crippen molar-refractivity contribution >= 4 is 40.9 Å². The van der Waals surface area contributed by atoms with Crippen molar-refractivity contribution in [1.82, 2.24) is 41.0 Å². The van der Waals surface area contributed by atoms with Gasteiger partial charge in [-0.3, -0.25) is 39.4 Å². The van der Waals surface area contributed by atoms with Gasteiger partial charge in [0.15, 0.2) is 11.6 Å². The summed E-state index contributed by atoms with van der Waals surface area (Å²) in [4.78, 5) is 73.5. The van der Waals surface area contributed by atoms with Crippen LogP contribution in [0.25, 0.3) is 11.4 Å². The molecule has 0 bridgehead atoms. The van der Waals surface area contributed by atoms with Crippen molar-refractivity contribution in [2.24, 2.45) is 0 Å². The second kappa shape index (κ2) is 27.3. The fourth-order valence-electron chi connectivity index (χ4n) is 9.36. The highest BCUT2D eigenvalue weighted by Gasteiger charge is 2.40. The Bertz CT molecular complexity index is 2640. The number of rotatable bonds is 29. The molecule has 74 heavy (non-hydrogen) atoms. The van der Waals surface area contributed by atoms with E-state index in [1.165, 1.54) is 4.90 Å². The van der Waals surface area contributed by atoms with Crippen molar-refractivity contribution in [3.63, 3.8) is 0 Å². The first kappa shape index (κ1) is 53.2. The first-order valence-electron chi connectivity index (χ1n) is 26.0. The van der Waals surface area contributed by atoms with Gasteiger partial charge in [-0.2, -0.15) is 5.10 Å². The Labute approximate surface area is 431 Å². The molecule has 5 heterocycles. The van der Waals surface area contributed by atoms with Gasteiger partial charge < -0.3 is 45.1 Å². The number of benzene rings is 3. The minimum absolute atomic E-state index is 0.134. The molecule has 5 aromatic rings. The van der Waals surface area contributed by atoms with E-state index in [-0.39, 0.29) is 43.0 Å². The number of nitrogens with zero attached hydrogens (tertiary/aromatic N) is 4. The number of fused-ring (bicyclic) bond motifs is 1. The molecule has 5 amide bonds. The number of amides is 5. The van der Waals surface area contributed by atoms with Gasteiger partial charge in [0.25, 0.3) is 11.8 Å². The Hall–Kier alpha value is -7.06. The van der Waals surface area contributed by atoms with E-state index < -0.39 is 17.5 Å². The number of H-pyrrole nitrogens is 1. The predicted molar refractivity (Wildman–Crippen MR) is 277 cm³/mol. The maximum atomic E-state index is 13.3. The SMILES string of the molecule is O=C1CCC(N2Cc3c(NC(=O)CCCCCOCCOCCOCCCCCCOc4ccc(CNC(=O)c5cccc(NC6(c7nc(-c8ccncc8)n[nH]7)CCNCC6)c5)cc4)cccc3C2=O)C(=O)N1. The van der Waals surface area contributed by atoms with E-state index in [1.807, 2.05) is 60.7 Å². The molecule has 19 heteroatoms. The van der Waals surface area contributed by atoms with E-state index in [0.717, 1.165) is 92.8 Å². The number of carbonyl (C=O) groups excluding carboxylic acids is 5. The summed E-state index contributed by atoms with van der Waals surface area (Å²) in [6.07, 6.45) is 12.2. The van der Waals surface area contributed by atoms with Gasteiger partial charge in [-0.05, 0) is 125 Å². The van der Waals surface area contributed by atoms with E-state index in [1.54, 1.807) is 30.6 Å². The average Bonchev–Trinajstić information content (AvgIpc) is 4.06. The molecule has 2 fully saturated rings. The van der Waals surface area contributed by atoms with E-state index in [4.69, 9.17) is 23.9 Å². The largest absolute Gasteiger partial charge is 0.494 e. The topological polar surface area (TPSA) is 240 Å². The zero-order valence-electron chi connectivity index (χ0n) is 42.0. The second-order valence-corrected chi connectivity index (χ2v) is 18.8. The minimum atomic E-state index is -0.705. The number of ether oxygens (including phenoxy) is 4. The average molecular weight is 1010 g/mol. The normalized spacial score (nSPS) is 16.1. The van der Waals surface area contributed by atoms with Gasteiger partial charge in [0.1, 0.15) is 11.8 Å². The van der Waals surface area contributed by atoms with Gasteiger partial charge in [0.2, 0.25) is 17.7 Å². The lowest BCUT2D eigenvalue weighted by Gasteiger charge is -2.37. The molecule has 1 unspecified atom stereocenters. The molecule has 3 aliphatic heterocycles. The number of piperidine rings is 2. The molecule has 3 aliphatic rings. The van der Waals surface area contributed by atoms with Crippen LogP contribution in [-0.2, 0) is 47.2 Å². The highest BCUT2D eigenvalue weighted by Crippen LogP contribution is 2.35. The molecule has 19 nitrogen and oxygen atoms in total. The molecule has 8 rings (SSSR count). The molecule has 392 valence electrons. The number of pyridine rings is 1. The molecule has 0 radical (unpaired) electrons. The Morgan fingerprint density at radius 3 is 2.22 bits per heavy atom. The predicted octanol–water partition coefficient (Wildman–Crippen LogP) is 6.44. The third-order valence-electron chi connectivity index (χ3n) is 13.5. The van der Waals surface area contributed by atoms with Crippen LogP contribution in [0.4, 0.5) is 11.4 Å². The summed E-state index contributed by atoms with van der Waals surface area (Å²) < 4.78 is 23.0. The van der Waals surface area contributed by atoms with Gasteiger partial charge in [-0.25, -0.2) is 4.98 Å². The molecule has 3 aromatic carbocycles. The van der Waals surface area contributed by atoms with Crippen molar-refractivity contribution in [2.45, 2.75) is 102 Å². The van der Waals surface area contributed by atoms with Crippen molar-refractivity contribution in [3.05, 3.63) is 119 Å². The number of anilines is 2. The van der Waals surface area contributed by atoms with Crippen LogP contribution in [0, 0.1) is 0 Å². The summed E-state index contributed by atoms with van der Waals surface area (Å²) in [5, 5.41) is 23.1. The third kappa shape index (κ3) is 15.0. The first-order valence-corrected chi connectivity index (χ1v) is 26.0. The van der Waals surface area contributed by atoms with Crippen molar-refractivity contribution in [3.8, 4) is 17.1 Å². The number of unbranched alkanes of at least 4 members (excludes halogenated alkanes) is 5. The number of aromatic amines is 1. The van der Waals surface area contributed by atoms with Crippen molar-refractivity contribution in [1.29, 1.82) is 0 Å². The zero-order valence-corrected chi connectivity index (χ0v) is 42.0. The van der Waals surface area contributed by atoms with Crippen LogP contribution in [0.1, 0.15) is 115 Å². The first-order chi connectivity index (χ1) is 36.2. The van der Waals surface area contributed by atoms with Crippen LogP contribution in [0.5, 0.6) is 5.75 Å². The Morgan fingerprint density at radius 2 is 1.47 bits per heavy atom. The van der Waals surface area contributed by atoms with Gasteiger partial charge in [-0.15, -0.1) is 0 Å². The summed E-state index contributed by atoms with van der Waals surface area (Å²) in [5.41, 5.74) is 4.53. The summed E-state index contributed by atoms with van der Waals surface area (Å²) in [6.45, 7) is 6.18. The van der Waals surface area contributed by atoms with Crippen LogP contribution in [-0.4, -0.2) is 120 Å². The molecule has 2 aromatic heterocycles. The van der Waals surface area contributed by atoms with Gasteiger partial charge >= 0.3 is 0 Å². The van der Waals surface area contributed by atoms with E-state index in [2.05, 4.69) is 41.8 Å². The zero-order chi connectivity index (χ0) is 51.4. The maximum Gasteiger partial charge on any atom is 0.255 e. The fraction of sp³-hybridized carbons (Fsp3) is 0.455. The van der Waals surface area contributed by atoms with Crippen LogP contribution < -0.4 is 31.3 Å². The molecule has 2 saturated heterocycles. The molecular formula is C55H68N10O9. The van der Waals surface area contributed by atoms with Crippen molar-refractivity contribution < 1.29 is 42.9 Å². The van der Waals surface area contributed by atoms with Crippen LogP contribution >= 0.6 is 0 Å². The van der Waals surface area contributed by atoms with Crippen molar-refractivity contribution in [2.75, 3.05) is 70.0 Å². The standard InChI is InChI=1S/C55H68N10O9/c66-48(59-46-13-9-12-44-45(46)38-65(53(44)70)47-19-20-49(67)60-52(47)69)14-4-3-6-30-72-33-35-73-34-32-71-29-5-1-2-7-31-74-43-17-15-39(16-18-43)37-58-51(68)41-10-8-11-42(36-41)62-55(23-27-57-28-24-55)54-61-50(63-64-54)40-21-25-56-26-22-40/h8-13,15-18,21-22,25-26,36,47,57,62H,1-7,14,19-20,23-24,27-35,37-38H2,(H,58,68)(H,59,66)(H,60,67,69)(H,61,63,64). The highest BCUT2D eigenvalue weighted by molar-refractivity contribution is 6.06. The third-order valence-corrected chi connectivity index (χ3v) is 13.5. The van der Waals surface area contributed by atoms with Crippen LogP contribution in [0.3, 0.4) is 0 Å². The highest BCUT2D eigenvalue weighted by atomic mass is 16.5. The summed E-state index contributed by atoms with van der Waals surface area (Å²) in [5.74, 6) is 0.827. The van der Waals surface area contributed by atoms with Gasteiger partial charge in [0, 0.05) is 85.2 Å². The maximum absolute atomic E-state index is 13.3. The lowest BCUT2D eigenvalue weighted by molar-refractivity contribution is -0.137. The van der Waals surface area contributed by atoms with E-state index in [0.29, 0.717) is 93.8 Å².